The van der Waals surface area contributed by atoms with Crippen LogP contribution in [0.15, 0.2) is 34.4 Å². The van der Waals surface area contributed by atoms with Crippen LogP contribution in [-0.2, 0) is 4.79 Å². The summed E-state index contributed by atoms with van der Waals surface area (Å²) in [5, 5.41) is 0. The van der Waals surface area contributed by atoms with Gasteiger partial charge in [-0.3, -0.25) is 4.79 Å². The number of carbonyl (C=O) groups excluding carboxylic acids is 1. The summed E-state index contributed by atoms with van der Waals surface area (Å²) in [5.41, 5.74) is 0.717. The van der Waals surface area contributed by atoms with E-state index < -0.39 is 0 Å². The van der Waals surface area contributed by atoms with Crippen LogP contribution in [0.25, 0.3) is 0 Å². The summed E-state index contributed by atoms with van der Waals surface area (Å²) < 4.78 is 1.10. The van der Waals surface area contributed by atoms with E-state index in [-0.39, 0.29) is 0 Å². The van der Waals surface area contributed by atoms with Gasteiger partial charge in [-0.2, -0.15) is 0 Å². The van der Waals surface area contributed by atoms with E-state index in [1.54, 1.807) is 6.08 Å². The summed E-state index contributed by atoms with van der Waals surface area (Å²) in [4.78, 5) is 10.3. The quantitative estimate of drug-likeness (QED) is 0.592. The van der Waals surface area contributed by atoms with Gasteiger partial charge in [0.2, 0.25) is 0 Å². The first-order chi connectivity index (χ1) is 4.83. The van der Waals surface area contributed by atoms with Crippen molar-refractivity contribution in [2.75, 3.05) is 0 Å². The van der Waals surface area contributed by atoms with E-state index in [0.717, 1.165) is 22.8 Å². The van der Waals surface area contributed by atoms with E-state index in [4.69, 9.17) is 0 Å². The minimum Gasteiger partial charge on any atom is -0.298 e. The smallest absolute Gasteiger partial charge is 0.150 e. The van der Waals surface area contributed by atoms with Gasteiger partial charge in [0.25, 0.3) is 0 Å². The van der Waals surface area contributed by atoms with E-state index in [2.05, 4.69) is 15.9 Å². The third-order valence-electron chi connectivity index (χ3n) is 1.22. The molecular formula is C8H7BrO. The lowest BCUT2D eigenvalue weighted by Gasteiger charge is -1.84. The van der Waals surface area contributed by atoms with Crippen molar-refractivity contribution in [3.63, 3.8) is 0 Å². The molecule has 52 valence electrons. The van der Waals surface area contributed by atoms with Crippen LogP contribution in [0.3, 0.4) is 0 Å². The Balaban J connectivity index is 2.85. The first-order valence-electron chi connectivity index (χ1n) is 3.01. The predicted octanol–water partition coefficient (Wildman–Crippen LogP) is 2.35. The monoisotopic (exact) mass is 198 g/mol. The van der Waals surface area contributed by atoms with Gasteiger partial charge in [-0.25, -0.2) is 0 Å². The highest BCUT2D eigenvalue weighted by atomic mass is 79.9. The minimum atomic E-state index is 0.717. The molecule has 1 nitrogen and oxygen atoms in total. The Kier molecular flexibility index (Phi) is 2.63. The fourth-order valence-corrected chi connectivity index (χ4v) is 1.02. The lowest BCUT2D eigenvalue weighted by molar-refractivity contribution is -0.104. The van der Waals surface area contributed by atoms with Gasteiger partial charge in [-0.1, -0.05) is 40.2 Å². The summed E-state index contributed by atoms with van der Waals surface area (Å²) in [5.74, 6) is 0. The lowest BCUT2D eigenvalue weighted by Crippen LogP contribution is -1.74. The van der Waals surface area contributed by atoms with Crippen LogP contribution in [-0.4, -0.2) is 6.29 Å². The fourth-order valence-electron chi connectivity index (χ4n) is 0.696. The van der Waals surface area contributed by atoms with Gasteiger partial charge in [0.1, 0.15) is 6.29 Å². The van der Waals surface area contributed by atoms with Crippen LogP contribution in [0.4, 0.5) is 0 Å². The fraction of sp³-hybridized carbons (Fsp3) is 0.125. The van der Waals surface area contributed by atoms with Crippen molar-refractivity contribution in [1.29, 1.82) is 0 Å². The molecule has 0 spiro atoms. The molecular weight excluding hydrogens is 192 g/mol. The zero-order valence-electron chi connectivity index (χ0n) is 5.38. The molecule has 0 radical (unpaired) electrons. The normalized spacial score (nSPS) is 17.3. The van der Waals surface area contributed by atoms with Crippen LogP contribution >= 0.6 is 15.9 Å². The minimum absolute atomic E-state index is 0.717. The molecule has 1 aliphatic rings. The highest BCUT2D eigenvalue weighted by molar-refractivity contribution is 9.11. The molecule has 0 aromatic carbocycles. The largest absolute Gasteiger partial charge is 0.298 e. The second kappa shape index (κ2) is 3.52. The Morgan fingerprint density at radius 1 is 1.50 bits per heavy atom. The second-order valence-electron chi connectivity index (χ2n) is 2.00. The Morgan fingerprint density at radius 3 is 3.00 bits per heavy atom. The SMILES string of the molecule is O=CC1=CC=C(Br)CC=C1. The van der Waals surface area contributed by atoms with Crippen molar-refractivity contribution >= 4 is 22.2 Å². The van der Waals surface area contributed by atoms with Crippen LogP contribution in [0.5, 0.6) is 0 Å². The molecule has 0 aromatic heterocycles. The number of allylic oxidation sites excluding steroid dienone is 6. The third-order valence-corrected chi connectivity index (χ3v) is 1.80. The van der Waals surface area contributed by atoms with E-state index in [1.165, 1.54) is 0 Å². The van der Waals surface area contributed by atoms with Crippen molar-refractivity contribution in [2.24, 2.45) is 0 Å². The van der Waals surface area contributed by atoms with Gasteiger partial charge in [0.05, 0.1) is 0 Å². The first kappa shape index (κ1) is 7.48. The van der Waals surface area contributed by atoms with E-state index >= 15 is 0 Å². The Hall–Kier alpha value is -0.630. The second-order valence-corrected chi connectivity index (χ2v) is 3.02. The van der Waals surface area contributed by atoms with Gasteiger partial charge in [0.15, 0.2) is 0 Å². The topological polar surface area (TPSA) is 17.1 Å². The summed E-state index contributed by atoms with van der Waals surface area (Å²) >= 11 is 3.34. The Labute approximate surface area is 68.2 Å². The van der Waals surface area contributed by atoms with Gasteiger partial charge in [-0.15, -0.1) is 0 Å². The number of rotatable bonds is 1. The Morgan fingerprint density at radius 2 is 2.30 bits per heavy atom. The van der Waals surface area contributed by atoms with Crippen LogP contribution in [0, 0.1) is 0 Å². The number of halogens is 1. The molecule has 2 heteroatoms. The molecule has 10 heavy (non-hydrogen) atoms. The molecule has 0 saturated carbocycles. The first-order valence-corrected chi connectivity index (χ1v) is 3.80. The van der Waals surface area contributed by atoms with Crippen molar-refractivity contribution in [2.45, 2.75) is 6.42 Å². The summed E-state index contributed by atoms with van der Waals surface area (Å²) in [6, 6.07) is 0. The molecule has 0 saturated heterocycles. The Bertz CT molecular complexity index is 223. The molecule has 0 N–H and O–H groups in total. The molecule has 0 aromatic rings. The van der Waals surface area contributed by atoms with E-state index in [1.807, 2.05) is 18.2 Å². The molecule has 0 bridgehead atoms. The summed E-state index contributed by atoms with van der Waals surface area (Å²) in [7, 11) is 0. The maximum atomic E-state index is 10.3. The third kappa shape index (κ3) is 1.95. The number of hydrogen-bond donors (Lipinski definition) is 0. The molecule has 1 rings (SSSR count). The van der Waals surface area contributed by atoms with Gasteiger partial charge < -0.3 is 0 Å². The lowest BCUT2D eigenvalue weighted by atomic mass is 10.3. The summed E-state index contributed by atoms with van der Waals surface area (Å²) in [6.45, 7) is 0. The van der Waals surface area contributed by atoms with Crippen molar-refractivity contribution in [3.05, 3.63) is 34.4 Å². The van der Waals surface area contributed by atoms with E-state index in [9.17, 15) is 4.79 Å². The maximum absolute atomic E-state index is 10.3. The molecule has 0 fully saturated rings. The maximum Gasteiger partial charge on any atom is 0.150 e. The molecule has 0 unspecified atom stereocenters. The van der Waals surface area contributed by atoms with E-state index in [0.29, 0.717) is 0 Å². The average molecular weight is 199 g/mol. The zero-order valence-corrected chi connectivity index (χ0v) is 6.97. The number of hydrogen-bond acceptors (Lipinski definition) is 1. The number of carbonyl (C=O) groups is 1. The molecule has 1 aliphatic carbocycles. The standard InChI is InChI=1S/C8H7BrO/c9-8-3-1-2-7(6-10)4-5-8/h1-2,4-6H,3H2. The summed E-state index contributed by atoms with van der Waals surface area (Å²) in [6.07, 6.45) is 9.17. The van der Waals surface area contributed by atoms with Crippen LogP contribution in [0.2, 0.25) is 0 Å². The van der Waals surface area contributed by atoms with Crippen molar-refractivity contribution in [3.8, 4) is 0 Å². The molecule has 0 amide bonds. The highest BCUT2D eigenvalue weighted by Crippen LogP contribution is 2.15. The molecule has 0 heterocycles. The van der Waals surface area contributed by atoms with Gasteiger partial charge >= 0.3 is 0 Å². The predicted molar refractivity (Wildman–Crippen MR) is 44.9 cm³/mol. The van der Waals surface area contributed by atoms with Crippen LogP contribution < -0.4 is 0 Å². The van der Waals surface area contributed by atoms with Gasteiger partial charge in [-0.05, 0) is 10.9 Å². The highest BCUT2D eigenvalue weighted by Gasteiger charge is 1.93. The molecule has 0 aliphatic heterocycles. The van der Waals surface area contributed by atoms with Crippen molar-refractivity contribution in [1.82, 2.24) is 0 Å². The zero-order chi connectivity index (χ0) is 7.40. The van der Waals surface area contributed by atoms with Gasteiger partial charge in [0, 0.05) is 5.57 Å². The van der Waals surface area contributed by atoms with Crippen LogP contribution in [0.1, 0.15) is 6.42 Å². The number of aldehydes is 1. The average Bonchev–Trinajstić information content (AvgIpc) is 2.14. The van der Waals surface area contributed by atoms with Crippen molar-refractivity contribution < 1.29 is 4.79 Å². The molecule has 0 atom stereocenters.